The fourth-order valence-corrected chi connectivity index (χ4v) is 2.04. The number of nitrogens with one attached hydrogen (secondary N) is 1. The summed E-state index contributed by atoms with van der Waals surface area (Å²) in [6.45, 7) is 0. The molecule has 16 heavy (non-hydrogen) atoms. The summed E-state index contributed by atoms with van der Waals surface area (Å²) >= 11 is 0. The predicted octanol–water partition coefficient (Wildman–Crippen LogP) is 1.77. The summed E-state index contributed by atoms with van der Waals surface area (Å²) in [4.78, 5) is 10.6. The van der Waals surface area contributed by atoms with Crippen molar-refractivity contribution in [1.82, 2.24) is 0 Å². The van der Waals surface area contributed by atoms with E-state index in [9.17, 15) is 14.3 Å². The van der Waals surface area contributed by atoms with E-state index in [1.165, 1.54) is 6.07 Å². The van der Waals surface area contributed by atoms with Crippen molar-refractivity contribution in [2.45, 2.75) is 25.4 Å². The van der Waals surface area contributed by atoms with Crippen LogP contribution in [-0.2, 0) is 12.8 Å². The fourth-order valence-electron chi connectivity index (χ4n) is 2.04. The number of aryl methyl sites for hydroxylation is 1. The zero-order chi connectivity index (χ0) is 11.7. The Kier molecular flexibility index (Phi) is 2.78. The van der Waals surface area contributed by atoms with Crippen LogP contribution in [0.5, 0.6) is 0 Å². The topological polar surface area (TPSA) is 69.6 Å². The van der Waals surface area contributed by atoms with Gasteiger partial charge in [-0.1, -0.05) is 0 Å². The first kappa shape index (κ1) is 10.9. The molecule has 0 bridgehead atoms. The highest BCUT2D eigenvalue weighted by Crippen LogP contribution is 2.29. The third-order valence-corrected chi connectivity index (χ3v) is 2.74. The Morgan fingerprint density at radius 2 is 2.25 bits per heavy atom. The molecular weight excluding hydrogens is 213 g/mol. The summed E-state index contributed by atoms with van der Waals surface area (Å²) in [6.07, 6.45) is -0.184. The molecule has 1 aliphatic rings. The predicted molar refractivity (Wildman–Crippen MR) is 56.1 cm³/mol. The maximum atomic E-state index is 13.2. The molecular formula is C11H12FNO3. The Bertz CT molecular complexity index is 433. The number of aliphatic hydroxyl groups excluding tert-OH is 1. The molecule has 2 rings (SSSR count). The van der Waals surface area contributed by atoms with E-state index >= 15 is 0 Å². The molecule has 1 atom stereocenters. The van der Waals surface area contributed by atoms with E-state index in [1.807, 2.05) is 0 Å². The smallest absolute Gasteiger partial charge is 0.409 e. The van der Waals surface area contributed by atoms with Gasteiger partial charge in [-0.15, -0.1) is 0 Å². The van der Waals surface area contributed by atoms with Crippen molar-refractivity contribution in [2.24, 2.45) is 0 Å². The van der Waals surface area contributed by atoms with Crippen molar-refractivity contribution in [1.29, 1.82) is 0 Å². The highest BCUT2D eigenvalue weighted by atomic mass is 19.1. The molecule has 1 aliphatic carbocycles. The van der Waals surface area contributed by atoms with E-state index in [2.05, 4.69) is 5.32 Å². The van der Waals surface area contributed by atoms with Crippen LogP contribution in [0.1, 0.15) is 17.5 Å². The molecule has 0 saturated heterocycles. The molecule has 0 heterocycles. The summed E-state index contributed by atoms with van der Waals surface area (Å²) in [7, 11) is 0. The van der Waals surface area contributed by atoms with Gasteiger partial charge in [-0.05, 0) is 36.1 Å². The Labute approximate surface area is 91.7 Å². The Balaban J connectivity index is 2.42. The minimum atomic E-state index is -1.23. The van der Waals surface area contributed by atoms with Gasteiger partial charge in [0.05, 0.1) is 11.8 Å². The fraction of sp³-hybridized carbons (Fsp3) is 0.364. The van der Waals surface area contributed by atoms with Gasteiger partial charge in [-0.2, -0.15) is 0 Å². The lowest BCUT2D eigenvalue weighted by Gasteiger charge is -2.23. The molecule has 0 saturated carbocycles. The van der Waals surface area contributed by atoms with E-state index in [4.69, 9.17) is 5.11 Å². The van der Waals surface area contributed by atoms with E-state index < -0.39 is 18.0 Å². The summed E-state index contributed by atoms with van der Waals surface area (Å²) in [6, 6.07) is 2.54. The van der Waals surface area contributed by atoms with Crippen LogP contribution in [0.2, 0.25) is 0 Å². The van der Waals surface area contributed by atoms with Gasteiger partial charge in [0.1, 0.15) is 5.82 Å². The number of fused-ring (bicyclic) bond motifs is 1. The second-order valence-electron chi connectivity index (χ2n) is 3.92. The van der Waals surface area contributed by atoms with Crippen LogP contribution in [0.15, 0.2) is 12.1 Å². The van der Waals surface area contributed by atoms with Crippen molar-refractivity contribution in [3.05, 3.63) is 29.1 Å². The number of carbonyl (C=O) groups is 1. The molecule has 86 valence electrons. The lowest BCUT2D eigenvalue weighted by atomic mass is 9.88. The number of aliphatic hydroxyl groups is 1. The maximum absolute atomic E-state index is 13.2. The first-order valence-electron chi connectivity index (χ1n) is 5.05. The van der Waals surface area contributed by atoms with Crippen LogP contribution in [0, 0.1) is 5.82 Å². The number of rotatable bonds is 1. The van der Waals surface area contributed by atoms with E-state index in [-0.39, 0.29) is 5.69 Å². The van der Waals surface area contributed by atoms with Gasteiger partial charge >= 0.3 is 6.09 Å². The maximum Gasteiger partial charge on any atom is 0.409 e. The van der Waals surface area contributed by atoms with Crippen molar-refractivity contribution >= 4 is 11.8 Å². The SMILES string of the molecule is O=C(O)Nc1cc(F)cc2c1CC(O)CC2. The third kappa shape index (κ3) is 2.14. The molecule has 5 heteroatoms. The van der Waals surface area contributed by atoms with Crippen LogP contribution in [0.4, 0.5) is 14.9 Å². The molecule has 1 aromatic rings. The quantitative estimate of drug-likeness (QED) is 0.682. The molecule has 0 aliphatic heterocycles. The van der Waals surface area contributed by atoms with Crippen molar-refractivity contribution in [3.8, 4) is 0 Å². The summed E-state index contributed by atoms with van der Waals surface area (Å²) in [5.74, 6) is -0.459. The molecule has 3 N–H and O–H groups in total. The zero-order valence-corrected chi connectivity index (χ0v) is 8.53. The molecule has 1 aromatic carbocycles. The number of benzene rings is 1. The lowest BCUT2D eigenvalue weighted by molar-refractivity contribution is 0.158. The van der Waals surface area contributed by atoms with Crippen molar-refractivity contribution < 1.29 is 19.4 Å². The highest BCUT2D eigenvalue weighted by molar-refractivity contribution is 5.84. The second-order valence-corrected chi connectivity index (χ2v) is 3.92. The third-order valence-electron chi connectivity index (χ3n) is 2.74. The number of hydrogen-bond donors (Lipinski definition) is 3. The second kappa shape index (κ2) is 4.09. The van der Waals surface area contributed by atoms with E-state index in [0.29, 0.717) is 24.8 Å². The summed E-state index contributed by atoms with van der Waals surface area (Å²) in [5, 5.41) is 20.3. The molecule has 0 spiro atoms. The number of halogens is 1. The van der Waals surface area contributed by atoms with Gasteiger partial charge < -0.3 is 10.2 Å². The van der Waals surface area contributed by atoms with Crippen LogP contribution in [-0.4, -0.2) is 22.4 Å². The molecule has 0 radical (unpaired) electrons. The van der Waals surface area contributed by atoms with Gasteiger partial charge in [0.15, 0.2) is 0 Å². The monoisotopic (exact) mass is 225 g/mol. The van der Waals surface area contributed by atoms with Gasteiger partial charge in [0.25, 0.3) is 0 Å². The Hall–Kier alpha value is -1.62. The van der Waals surface area contributed by atoms with E-state index in [1.54, 1.807) is 0 Å². The Morgan fingerprint density at radius 3 is 2.94 bits per heavy atom. The van der Waals surface area contributed by atoms with Crippen LogP contribution in [0.25, 0.3) is 0 Å². The summed E-state index contributed by atoms with van der Waals surface area (Å²) < 4.78 is 13.2. The van der Waals surface area contributed by atoms with Gasteiger partial charge in [0, 0.05) is 6.42 Å². The van der Waals surface area contributed by atoms with Crippen LogP contribution >= 0.6 is 0 Å². The number of anilines is 1. The normalized spacial score (nSPS) is 19.0. The minimum Gasteiger partial charge on any atom is -0.465 e. The zero-order valence-electron chi connectivity index (χ0n) is 8.53. The van der Waals surface area contributed by atoms with Crippen molar-refractivity contribution in [3.63, 3.8) is 0 Å². The van der Waals surface area contributed by atoms with E-state index in [0.717, 1.165) is 11.6 Å². The average molecular weight is 225 g/mol. The van der Waals surface area contributed by atoms with Crippen LogP contribution in [0.3, 0.4) is 0 Å². The average Bonchev–Trinajstić information content (AvgIpc) is 2.18. The summed E-state index contributed by atoms with van der Waals surface area (Å²) in [5.41, 5.74) is 1.71. The van der Waals surface area contributed by atoms with Crippen molar-refractivity contribution in [2.75, 3.05) is 5.32 Å². The standard InChI is InChI=1S/C11H12FNO3/c12-7-3-6-1-2-8(14)5-9(6)10(4-7)13-11(15)16/h3-4,8,13-14H,1-2,5H2,(H,15,16). The first-order valence-corrected chi connectivity index (χ1v) is 5.05. The lowest BCUT2D eigenvalue weighted by Crippen LogP contribution is -2.21. The number of carboxylic acid groups (broad SMARTS) is 1. The molecule has 4 nitrogen and oxygen atoms in total. The molecule has 1 amide bonds. The molecule has 1 unspecified atom stereocenters. The van der Waals surface area contributed by atoms with Gasteiger partial charge in [-0.25, -0.2) is 9.18 Å². The van der Waals surface area contributed by atoms with Crippen LogP contribution < -0.4 is 5.32 Å². The minimum absolute atomic E-state index is 0.237. The van der Waals surface area contributed by atoms with Gasteiger partial charge in [0.2, 0.25) is 0 Å². The Morgan fingerprint density at radius 1 is 1.50 bits per heavy atom. The number of amides is 1. The first-order chi connectivity index (χ1) is 7.56. The largest absolute Gasteiger partial charge is 0.465 e. The van der Waals surface area contributed by atoms with Gasteiger partial charge in [-0.3, -0.25) is 5.32 Å². The molecule has 0 fully saturated rings. The highest BCUT2D eigenvalue weighted by Gasteiger charge is 2.21. The molecule has 0 aromatic heterocycles. The number of hydrogen-bond acceptors (Lipinski definition) is 2.